The Bertz CT molecular complexity index is 643. The van der Waals surface area contributed by atoms with Gasteiger partial charge in [0.1, 0.15) is 6.54 Å². The molecule has 9 nitrogen and oxygen atoms in total. The zero-order valence-corrected chi connectivity index (χ0v) is 12.3. The minimum absolute atomic E-state index is 0.00765. The van der Waals surface area contributed by atoms with E-state index in [2.05, 4.69) is 6.58 Å². The molecule has 23 heavy (non-hydrogen) atoms. The number of rotatable bonds is 7. The molecule has 1 aromatic rings. The van der Waals surface area contributed by atoms with Gasteiger partial charge in [-0.15, -0.1) is 0 Å². The van der Waals surface area contributed by atoms with Crippen LogP contribution in [0.1, 0.15) is 6.92 Å². The molecule has 2 N–H and O–H groups in total. The first-order valence-corrected chi connectivity index (χ1v) is 6.42. The molecule has 2 amide bonds. The standard InChI is InChI=1S/C14H15N3O6/c1-9(2)14(21)16(10-6-4-3-5-7-10)13(17(22)23)12(20)15-8-11(18)19/h3-7,13H,1,8H2,2H3,(H,15,20)(H,18,19). The van der Waals surface area contributed by atoms with Crippen LogP contribution in [0.4, 0.5) is 5.69 Å². The molecule has 0 saturated carbocycles. The van der Waals surface area contributed by atoms with Gasteiger partial charge in [0.05, 0.1) is 10.6 Å². The van der Waals surface area contributed by atoms with Crippen molar-refractivity contribution in [3.8, 4) is 0 Å². The second kappa shape index (κ2) is 7.69. The molecule has 1 atom stereocenters. The lowest BCUT2D eigenvalue weighted by molar-refractivity contribution is -0.505. The number of hydrogen-bond acceptors (Lipinski definition) is 5. The molecule has 0 bridgehead atoms. The van der Waals surface area contributed by atoms with Crippen molar-refractivity contribution in [2.75, 3.05) is 11.4 Å². The maximum absolute atomic E-state index is 12.3. The predicted octanol–water partition coefficient (Wildman–Crippen LogP) is 0.399. The van der Waals surface area contributed by atoms with Crippen LogP contribution in [0.3, 0.4) is 0 Å². The average Bonchev–Trinajstić information content (AvgIpc) is 2.49. The van der Waals surface area contributed by atoms with E-state index in [1.807, 2.05) is 5.32 Å². The van der Waals surface area contributed by atoms with E-state index in [4.69, 9.17) is 5.11 Å². The van der Waals surface area contributed by atoms with Crippen LogP contribution in [0, 0.1) is 10.1 Å². The molecule has 1 aromatic carbocycles. The summed E-state index contributed by atoms with van der Waals surface area (Å²) >= 11 is 0. The van der Waals surface area contributed by atoms with Crippen molar-refractivity contribution in [1.82, 2.24) is 5.32 Å². The van der Waals surface area contributed by atoms with Crippen molar-refractivity contribution < 1.29 is 24.4 Å². The third-order valence-corrected chi connectivity index (χ3v) is 2.71. The van der Waals surface area contributed by atoms with Crippen LogP contribution >= 0.6 is 0 Å². The number of para-hydroxylation sites is 1. The number of benzene rings is 1. The fourth-order valence-electron chi connectivity index (χ4n) is 1.73. The molecule has 0 fully saturated rings. The van der Waals surface area contributed by atoms with Gasteiger partial charge in [-0.2, -0.15) is 0 Å². The van der Waals surface area contributed by atoms with Crippen LogP contribution in [0.15, 0.2) is 42.5 Å². The second-order valence-electron chi connectivity index (χ2n) is 4.56. The monoisotopic (exact) mass is 321 g/mol. The first kappa shape index (κ1) is 17.8. The number of aliphatic carboxylic acids is 1. The number of nitro groups is 1. The van der Waals surface area contributed by atoms with Crippen LogP contribution in [0.25, 0.3) is 0 Å². The largest absolute Gasteiger partial charge is 0.480 e. The van der Waals surface area contributed by atoms with Crippen molar-refractivity contribution >= 4 is 23.5 Å². The highest BCUT2D eigenvalue weighted by atomic mass is 16.6. The quantitative estimate of drug-likeness (QED) is 0.323. The second-order valence-corrected chi connectivity index (χ2v) is 4.56. The normalized spacial score (nSPS) is 11.2. The van der Waals surface area contributed by atoms with Crippen molar-refractivity contribution in [3.63, 3.8) is 0 Å². The fraction of sp³-hybridized carbons (Fsp3) is 0.214. The zero-order chi connectivity index (χ0) is 17.6. The summed E-state index contributed by atoms with van der Waals surface area (Å²) in [5.41, 5.74) is 0.111. The molecule has 1 rings (SSSR count). The van der Waals surface area contributed by atoms with Gasteiger partial charge in [-0.1, -0.05) is 24.8 Å². The van der Waals surface area contributed by atoms with E-state index < -0.39 is 35.4 Å². The molecule has 9 heteroatoms. The summed E-state index contributed by atoms with van der Waals surface area (Å²) in [6.07, 6.45) is -2.11. The summed E-state index contributed by atoms with van der Waals surface area (Å²) in [5, 5.41) is 21.8. The highest BCUT2D eigenvalue weighted by Crippen LogP contribution is 2.19. The number of carboxylic acids is 1. The van der Waals surface area contributed by atoms with E-state index in [9.17, 15) is 24.5 Å². The van der Waals surface area contributed by atoms with Gasteiger partial charge in [0, 0.05) is 5.57 Å². The van der Waals surface area contributed by atoms with Crippen molar-refractivity contribution in [3.05, 3.63) is 52.6 Å². The maximum Gasteiger partial charge on any atom is 0.371 e. The van der Waals surface area contributed by atoms with E-state index in [1.165, 1.54) is 19.1 Å². The van der Waals surface area contributed by atoms with Crippen LogP contribution in [-0.4, -0.2) is 40.5 Å². The fourth-order valence-corrected chi connectivity index (χ4v) is 1.73. The van der Waals surface area contributed by atoms with Gasteiger partial charge in [0.25, 0.3) is 5.91 Å². The van der Waals surface area contributed by atoms with Gasteiger partial charge in [0.2, 0.25) is 0 Å². The summed E-state index contributed by atoms with van der Waals surface area (Å²) in [7, 11) is 0. The molecular formula is C14H15N3O6. The Hall–Kier alpha value is -3.23. The topological polar surface area (TPSA) is 130 Å². The highest BCUT2D eigenvalue weighted by molar-refractivity contribution is 6.08. The Kier molecular flexibility index (Phi) is 5.95. The number of nitrogens with zero attached hydrogens (tertiary/aromatic N) is 2. The Morgan fingerprint density at radius 3 is 2.35 bits per heavy atom. The number of carboxylic acid groups (broad SMARTS) is 1. The van der Waals surface area contributed by atoms with Gasteiger partial charge < -0.3 is 10.4 Å². The average molecular weight is 321 g/mol. The summed E-state index contributed by atoms with van der Waals surface area (Å²) in [5.74, 6) is -3.39. The number of carbonyl (C=O) groups is 3. The summed E-state index contributed by atoms with van der Waals surface area (Å²) in [4.78, 5) is 45.7. The molecular weight excluding hydrogens is 306 g/mol. The van der Waals surface area contributed by atoms with E-state index in [-0.39, 0.29) is 11.3 Å². The molecule has 0 heterocycles. The van der Waals surface area contributed by atoms with Crippen molar-refractivity contribution in [1.29, 1.82) is 0 Å². The van der Waals surface area contributed by atoms with Crippen molar-refractivity contribution in [2.45, 2.75) is 13.1 Å². The maximum atomic E-state index is 12.3. The highest BCUT2D eigenvalue weighted by Gasteiger charge is 2.40. The first-order chi connectivity index (χ1) is 10.8. The molecule has 0 radical (unpaired) electrons. The molecule has 0 saturated heterocycles. The van der Waals surface area contributed by atoms with E-state index >= 15 is 0 Å². The Balaban J connectivity index is 3.26. The Morgan fingerprint density at radius 2 is 1.91 bits per heavy atom. The first-order valence-electron chi connectivity index (χ1n) is 6.42. The summed E-state index contributed by atoms with van der Waals surface area (Å²) in [6, 6.07) is 7.56. The third kappa shape index (κ3) is 4.63. The number of hydrogen-bond donors (Lipinski definition) is 2. The minimum Gasteiger partial charge on any atom is -0.480 e. The molecule has 0 aromatic heterocycles. The smallest absolute Gasteiger partial charge is 0.371 e. The Labute approximate surface area is 131 Å². The van der Waals surface area contributed by atoms with Gasteiger partial charge in [0.15, 0.2) is 0 Å². The number of nitrogens with one attached hydrogen (secondary N) is 1. The predicted molar refractivity (Wildman–Crippen MR) is 80.2 cm³/mol. The van der Waals surface area contributed by atoms with E-state index in [1.54, 1.807) is 18.2 Å². The molecule has 0 aliphatic rings. The number of anilines is 1. The van der Waals surface area contributed by atoms with Gasteiger partial charge >= 0.3 is 18.0 Å². The zero-order valence-electron chi connectivity index (χ0n) is 12.3. The van der Waals surface area contributed by atoms with E-state index in [0.717, 1.165) is 0 Å². The SMILES string of the molecule is C=C(C)C(=O)N(c1ccccc1)C(C(=O)NCC(=O)O)[N+](=O)[O-]. The molecule has 0 aliphatic carbocycles. The lowest BCUT2D eigenvalue weighted by atomic mass is 10.2. The van der Waals surface area contributed by atoms with Gasteiger partial charge in [-0.3, -0.25) is 24.5 Å². The van der Waals surface area contributed by atoms with Crippen molar-refractivity contribution in [2.24, 2.45) is 0 Å². The number of carbonyl (C=O) groups excluding carboxylic acids is 2. The van der Waals surface area contributed by atoms with Crippen LogP contribution in [-0.2, 0) is 14.4 Å². The van der Waals surface area contributed by atoms with Crippen LogP contribution in [0.2, 0.25) is 0 Å². The lowest BCUT2D eigenvalue weighted by Crippen LogP contribution is -2.55. The van der Waals surface area contributed by atoms with Crippen LogP contribution in [0.5, 0.6) is 0 Å². The van der Waals surface area contributed by atoms with Crippen LogP contribution < -0.4 is 10.2 Å². The summed E-state index contributed by atoms with van der Waals surface area (Å²) < 4.78 is 0. The molecule has 0 aliphatic heterocycles. The van der Waals surface area contributed by atoms with Gasteiger partial charge in [-0.25, -0.2) is 4.90 Å². The molecule has 122 valence electrons. The summed E-state index contributed by atoms with van der Waals surface area (Å²) in [6.45, 7) is 3.99. The molecule has 1 unspecified atom stereocenters. The Morgan fingerprint density at radius 1 is 1.35 bits per heavy atom. The van der Waals surface area contributed by atoms with Gasteiger partial charge in [-0.05, 0) is 19.1 Å². The lowest BCUT2D eigenvalue weighted by Gasteiger charge is -2.25. The number of amides is 2. The third-order valence-electron chi connectivity index (χ3n) is 2.71. The molecule has 0 spiro atoms. The van der Waals surface area contributed by atoms with E-state index in [0.29, 0.717) is 4.90 Å². The minimum atomic E-state index is -2.11.